The predicted molar refractivity (Wildman–Crippen MR) is 59.0 cm³/mol. The molecule has 1 aliphatic heterocycles. The smallest absolute Gasteiger partial charge is 0.170 e. The van der Waals surface area contributed by atoms with E-state index in [-0.39, 0.29) is 23.2 Å². The summed E-state index contributed by atoms with van der Waals surface area (Å²) in [6, 6.07) is 0. The summed E-state index contributed by atoms with van der Waals surface area (Å²) in [5.41, 5.74) is 1.33. The van der Waals surface area contributed by atoms with E-state index < -0.39 is 9.84 Å². The molecule has 2 rings (SSSR count). The van der Waals surface area contributed by atoms with Crippen LogP contribution in [0.15, 0.2) is 6.20 Å². The predicted octanol–water partition coefficient (Wildman–Crippen LogP) is 0.346. The highest BCUT2D eigenvalue weighted by Crippen LogP contribution is 2.23. The van der Waals surface area contributed by atoms with Gasteiger partial charge in [0.15, 0.2) is 15.6 Å². The second-order valence-corrected chi connectivity index (χ2v) is 6.46. The summed E-state index contributed by atoms with van der Waals surface area (Å²) in [6.45, 7) is 1.81. The minimum Gasteiger partial charge on any atom is -0.294 e. The van der Waals surface area contributed by atoms with Crippen LogP contribution in [0.2, 0.25) is 0 Å². The summed E-state index contributed by atoms with van der Waals surface area (Å²) in [7, 11) is -1.24. The molecule has 1 saturated heterocycles. The van der Waals surface area contributed by atoms with Crippen molar-refractivity contribution in [2.45, 2.75) is 13.3 Å². The van der Waals surface area contributed by atoms with Gasteiger partial charge >= 0.3 is 0 Å². The highest BCUT2D eigenvalue weighted by atomic mass is 32.2. The van der Waals surface area contributed by atoms with E-state index in [1.807, 2.05) is 6.92 Å². The van der Waals surface area contributed by atoms with Gasteiger partial charge in [0.1, 0.15) is 0 Å². The Morgan fingerprint density at radius 1 is 1.56 bits per heavy atom. The Morgan fingerprint density at radius 2 is 2.25 bits per heavy atom. The second-order valence-electron chi connectivity index (χ2n) is 4.23. The molecule has 1 aromatic heterocycles. The van der Waals surface area contributed by atoms with Gasteiger partial charge in [-0.3, -0.25) is 9.48 Å². The van der Waals surface area contributed by atoms with Gasteiger partial charge in [0.05, 0.1) is 23.3 Å². The molecular weight excluding hydrogens is 228 g/mol. The summed E-state index contributed by atoms with van der Waals surface area (Å²) in [4.78, 5) is 12.1. The molecule has 1 unspecified atom stereocenters. The van der Waals surface area contributed by atoms with Crippen LogP contribution in [-0.2, 0) is 16.9 Å². The van der Waals surface area contributed by atoms with E-state index in [9.17, 15) is 13.2 Å². The summed E-state index contributed by atoms with van der Waals surface area (Å²) >= 11 is 0. The number of Topliss-reactive ketones (excluding diaryl/α,β-unsaturated/α-hetero) is 1. The fourth-order valence-electron chi connectivity index (χ4n) is 1.96. The van der Waals surface area contributed by atoms with E-state index in [1.54, 1.807) is 11.7 Å². The highest BCUT2D eigenvalue weighted by Gasteiger charge is 2.34. The monoisotopic (exact) mass is 242 g/mol. The molecule has 2 heterocycles. The fraction of sp³-hybridized carbons (Fsp3) is 0.600. The van der Waals surface area contributed by atoms with Crippen LogP contribution in [0.25, 0.3) is 0 Å². The minimum atomic E-state index is -3.00. The molecular formula is C10H14N2O3S. The van der Waals surface area contributed by atoms with Crippen molar-refractivity contribution in [1.82, 2.24) is 9.78 Å². The molecule has 1 fully saturated rings. The first kappa shape index (κ1) is 11.3. The van der Waals surface area contributed by atoms with Crippen LogP contribution in [0.3, 0.4) is 0 Å². The van der Waals surface area contributed by atoms with Crippen LogP contribution in [0.1, 0.15) is 22.5 Å². The van der Waals surface area contributed by atoms with Crippen molar-refractivity contribution in [1.29, 1.82) is 0 Å². The number of aryl methyl sites for hydroxylation is 1. The van der Waals surface area contributed by atoms with Crippen molar-refractivity contribution in [2.24, 2.45) is 13.0 Å². The Morgan fingerprint density at radius 3 is 2.69 bits per heavy atom. The van der Waals surface area contributed by atoms with Crippen LogP contribution in [0, 0.1) is 12.8 Å². The number of ketones is 1. The van der Waals surface area contributed by atoms with Crippen LogP contribution in [0.5, 0.6) is 0 Å². The number of carbonyl (C=O) groups is 1. The van der Waals surface area contributed by atoms with Crippen LogP contribution in [-0.4, -0.2) is 35.5 Å². The Balaban J connectivity index is 2.24. The first-order valence-electron chi connectivity index (χ1n) is 5.14. The number of rotatable bonds is 2. The maximum absolute atomic E-state index is 12.1. The molecule has 0 radical (unpaired) electrons. The average Bonchev–Trinajstić information content (AvgIpc) is 2.71. The lowest BCUT2D eigenvalue weighted by atomic mass is 9.98. The number of hydrogen-bond acceptors (Lipinski definition) is 4. The Labute approximate surface area is 94.4 Å². The SMILES string of the molecule is Cc1c(C(=O)C2CCS(=O)(=O)C2)cnn1C. The van der Waals surface area contributed by atoms with E-state index in [1.165, 1.54) is 6.20 Å². The lowest BCUT2D eigenvalue weighted by molar-refractivity contribution is 0.0932. The quantitative estimate of drug-likeness (QED) is 0.701. The minimum absolute atomic E-state index is 0.0137. The Hall–Kier alpha value is -1.17. The third kappa shape index (κ3) is 1.89. The van der Waals surface area contributed by atoms with Gasteiger partial charge in [-0.15, -0.1) is 0 Å². The van der Waals surface area contributed by atoms with Gasteiger partial charge < -0.3 is 0 Å². The first-order chi connectivity index (χ1) is 7.41. The van der Waals surface area contributed by atoms with Gasteiger partial charge in [0.25, 0.3) is 0 Å². The number of nitrogens with zero attached hydrogens (tertiary/aromatic N) is 2. The highest BCUT2D eigenvalue weighted by molar-refractivity contribution is 7.91. The second kappa shape index (κ2) is 3.69. The molecule has 6 heteroatoms. The molecule has 5 nitrogen and oxygen atoms in total. The molecule has 88 valence electrons. The standard InChI is InChI=1S/C10H14N2O3S/c1-7-9(5-11-12(7)2)10(13)8-3-4-16(14,15)6-8/h5,8H,3-4,6H2,1-2H3. The van der Waals surface area contributed by atoms with Crippen LogP contribution < -0.4 is 0 Å². The zero-order chi connectivity index (χ0) is 11.9. The average molecular weight is 242 g/mol. The molecule has 1 atom stereocenters. The molecule has 0 bridgehead atoms. The number of carbonyl (C=O) groups excluding carboxylic acids is 1. The van der Waals surface area contributed by atoms with Crippen LogP contribution >= 0.6 is 0 Å². The summed E-state index contributed by atoms with van der Waals surface area (Å²) in [5, 5.41) is 3.99. The van der Waals surface area contributed by atoms with Gasteiger partial charge in [0, 0.05) is 18.7 Å². The van der Waals surface area contributed by atoms with Crippen LogP contribution in [0.4, 0.5) is 0 Å². The van der Waals surface area contributed by atoms with Gasteiger partial charge in [0.2, 0.25) is 0 Å². The normalized spacial score (nSPS) is 23.5. The molecule has 0 saturated carbocycles. The summed E-state index contributed by atoms with van der Waals surface area (Å²) < 4.78 is 24.2. The first-order valence-corrected chi connectivity index (χ1v) is 6.96. The third-order valence-corrected chi connectivity index (χ3v) is 4.87. The molecule has 0 aliphatic carbocycles. The van der Waals surface area contributed by atoms with E-state index in [4.69, 9.17) is 0 Å². The Bertz CT molecular complexity index is 530. The molecule has 0 spiro atoms. The molecule has 0 amide bonds. The zero-order valence-corrected chi connectivity index (χ0v) is 10.1. The molecule has 16 heavy (non-hydrogen) atoms. The van der Waals surface area contributed by atoms with Gasteiger partial charge in [-0.05, 0) is 13.3 Å². The molecule has 0 N–H and O–H groups in total. The number of sulfone groups is 1. The molecule has 1 aromatic rings. The molecule has 0 aromatic carbocycles. The van der Waals surface area contributed by atoms with Crippen molar-refractivity contribution >= 4 is 15.6 Å². The van der Waals surface area contributed by atoms with E-state index in [0.717, 1.165) is 5.69 Å². The van der Waals surface area contributed by atoms with Gasteiger partial charge in [-0.25, -0.2) is 8.42 Å². The Kier molecular flexibility index (Phi) is 2.61. The molecule has 1 aliphatic rings. The van der Waals surface area contributed by atoms with Crippen molar-refractivity contribution in [3.05, 3.63) is 17.5 Å². The number of aromatic nitrogens is 2. The van der Waals surface area contributed by atoms with Crippen molar-refractivity contribution in [3.8, 4) is 0 Å². The van der Waals surface area contributed by atoms with Crippen molar-refractivity contribution in [2.75, 3.05) is 11.5 Å². The van der Waals surface area contributed by atoms with Gasteiger partial charge in [-0.2, -0.15) is 5.10 Å². The third-order valence-electron chi connectivity index (χ3n) is 3.10. The summed E-state index contributed by atoms with van der Waals surface area (Å²) in [6.07, 6.45) is 1.96. The zero-order valence-electron chi connectivity index (χ0n) is 9.30. The maximum Gasteiger partial charge on any atom is 0.170 e. The fourth-order valence-corrected chi connectivity index (χ4v) is 3.70. The van der Waals surface area contributed by atoms with E-state index in [0.29, 0.717) is 12.0 Å². The number of hydrogen-bond donors (Lipinski definition) is 0. The topological polar surface area (TPSA) is 69.0 Å². The maximum atomic E-state index is 12.1. The van der Waals surface area contributed by atoms with E-state index >= 15 is 0 Å². The largest absolute Gasteiger partial charge is 0.294 e. The summed E-state index contributed by atoms with van der Waals surface area (Å²) in [5.74, 6) is -0.359. The van der Waals surface area contributed by atoms with Crippen molar-refractivity contribution < 1.29 is 13.2 Å². The lowest BCUT2D eigenvalue weighted by Gasteiger charge is -2.05. The van der Waals surface area contributed by atoms with Gasteiger partial charge in [-0.1, -0.05) is 0 Å². The van der Waals surface area contributed by atoms with E-state index in [2.05, 4.69) is 5.10 Å². The lowest BCUT2D eigenvalue weighted by Crippen LogP contribution is -2.16. The van der Waals surface area contributed by atoms with Crippen molar-refractivity contribution in [3.63, 3.8) is 0 Å².